The second kappa shape index (κ2) is 5.41. The van der Waals surface area contributed by atoms with Gasteiger partial charge in [0.1, 0.15) is 0 Å². The van der Waals surface area contributed by atoms with Crippen molar-refractivity contribution in [3.63, 3.8) is 0 Å². The summed E-state index contributed by atoms with van der Waals surface area (Å²) in [5.41, 5.74) is 1.85. The zero-order valence-corrected chi connectivity index (χ0v) is 12.3. The van der Waals surface area contributed by atoms with Crippen LogP contribution in [0.3, 0.4) is 0 Å². The highest BCUT2D eigenvalue weighted by atomic mass is 35.5. The molecule has 0 unspecified atom stereocenters. The molecule has 0 saturated heterocycles. The third-order valence-electron chi connectivity index (χ3n) is 2.75. The molecule has 2 aromatic carbocycles. The van der Waals surface area contributed by atoms with Crippen molar-refractivity contribution in [2.24, 2.45) is 0 Å². The average molecular weight is 308 g/mol. The van der Waals surface area contributed by atoms with Gasteiger partial charge in [-0.15, -0.1) is 11.8 Å². The number of nitrogens with zero attached hydrogens (tertiary/aromatic N) is 1. The van der Waals surface area contributed by atoms with Gasteiger partial charge in [0.15, 0.2) is 5.58 Å². The number of halogens is 1. The number of thioether (sulfide) groups is 1. The molecule has 0 bridgehead atoms. The number of benzene rings is 2. The van der Waals surface area contributed by atoms with E-state index in [0.717, 1.165) is 26.9 Å². The summed E-state index contributed by atoms with van der Waals surface area (Å²) < 4.78 is 7.54. The lowest BCUT2D eigenvalue weighted by molar-refractivity contribution is 0.557. The lowest BCUT2D eigenvalue weighted by Gasteiger charge is -2.03. The van der Waals surface area contributed by atoms with Gasteiger partial charge in [-0.05, 0) is 48.6 Å². The van der Waals surface area contributed by atoms with Crippen LogP contribution in [0.25, 0.3) is 11.1 Å². The van der Waals surface area contributed by atoms with Gasteiger partial charge in [-0.1, -0.05) is 23.7 Å². The van der Waals surface area contributed by atoms with Crippen molar-refractivity contribution in [3.8, 4) is 0 Å². The molecule has 2 nitrogen and oxygen atoms in total. The molecule has 0 aliphatic heterocycles. The van der Waals surface area contributed by atoms with E-state index in [1.165, 1.54) is 0 Å². The maximum atomic E-state index is 5.87. The molecule has 0 aliphatic carbocycles. The molecule has 96 valence electrons. The van der Waals surface area contributed by atoms with E-state index >= 15 is 0 Å². The topological polar surface area (TPSA) is 18.1 Å². The Bertz CT molecular complexity index is 761. The average Bonchev–Trinajstić information content (AvgIpc) is 2.74. The molecule has 0 saturated carbocycles. The first-order valence-electron chi connectivity index (χ1n) is 5.71. The third kappa shape index (κ3) is 2.71. The van der Waals surface area contributed by atoms with Crippen molar-refractivity contribution < 1.29 is 4.42 Å². The van der Waals surface area contributed by atoms with E-state index in [1.54, 1.807) is 11.8 Å². The van der Waals surface area contributed by atoms with Crippen LogP contribution in [0.1, 0.15) is 0 Å². The van der Waals surface area contributed by atoms with Crippen molar-refractivity contribution in [1.82, 2.24) is 4.57 Å². The number of aromatic nitrogens is 1. The smallest absolute Gasteiger partial charge is 0.270 e. The van der Waals surface area contributed by atoms with Crippen molar-refractivity contribution in [2.45, 2.75) is 10.8 Å². The highest BCUT2D eigenvalue weighted by molar-refractivity contribution is 7.98. The second-order valence-electron chi connectivity index (χ2n) is 3.99. The Morgan fingerprint density at radius 1 is 1.11 bits per heavy atom. The van der Waals surface area contributed by atoms with E-state index < -0.39 is 0 Å². The van der Waals surface area contributed by atoms with Crippen LogP contribution in [-0.2, 0) is 5.88 Å². The standard InChI is InChI=1S/C14H10ClNOS2/c15-10-5-7-11(8-6-10)19-9-16-12-3-1-2-4-13(12)17-14(16)18/h1-8H,9H2. The molecule has 3 aromatic rings. The van der Waals surface area contributed by atoms with Gasteiger partial charge in [0.25, 0.3) is 4.84 Å². The molecule has 5 heteroatoms. The maximum absolute atomic E-state index is 5.87. The first-order valence-corrected chi connectivity index (χ1v) is 7.48. The van der Waals surface area contributed by atoms with E-state index in [9.17, 15) is 0 Å². The molecular weight excluding hydrogens is 298 g/mol. The molecule has 1 aromatic heterocycles. The molecule has 3 rings (SSSR count). The van der Waals surface area contributed by atoms with Crippen molar-refractivity contribution in [1.29, 1.82) is 0 Å². The first-order chi connectivity index (χ1) is 9.24. The lowest BCUT2D eigenvalue weighted by Crippen LogP contribution is -1.93. The number of oxazole rings is 1. The van der Waals surface area contributed by atoms with E-state index in [-0.39, 0.29) is 0 Å². The van der Waals surface area contributed by atoms with Gasteiger partial charge < -0.3 is 4.42 Å². The SMILES string of the molecule is S=c1oc2ccccc2n1CSc1ccc(Cl)cc1. The number of fused-ring (bicyclic) bond motifs is 1. The number of hydrogen-bond donors (Lipinski definition) is 0. The van der Waals surface area contributed by atoms with Crippen LogP contribution in [0, 0.1) is 4.84 Å². The van der Waals surface area contributed by atoms with E-state index in [1.807, 2.05) is 53.1 Å². The minimum atomic E-state index is 0.502. The molecule has 0 amide bonds. The molecule has 0 spiro atoms. The molecule has 0 aliphatic rings. The highest BCUT2D eigenvalue weighted by Crippen LogP contribution is 2.25. The van der Waals surface area contributed by atoms with Crippen LogP contribution < -0.4 is 0 Å². The number of para-hydroxylation sites is 2. The zero-order chi connectivity index (χ0) is 13.2. The Kier molecular flexibility index (Phi) is 3.64. The van der Waals surface area contributed by atoms with Crippen molar-refractivity contribution >= 4 is 46.7 Å². The van der Waals surface area contributed by atoms with E-state index in [4.69, 9.17) is 28.2 Å². The van der Waals surface area contributed by atoms with Gasteiger partial charge in [-0.3, -0.25) is 4.57 Å². The number of rotatable bonds is 3. The minimum absolute atomic E-state index is 0.502. The van der Waals surface area contributed by atoms with Gasteiger partial charge in [0.05, 0.1) is 11.4 Å². The summed E-state index contributed by atoms with van der Waals surface area (Å²) in [6.07, 6.45) is 0. The monoisotopic (exact) mass is 307 g/mol. The normalized spacial score (nSPS) is 11.0. The fourth-order valence-electron chi connectivity index (χ4n) is 1.81. The fourth-order valence-corrected chi connectivity index (χ4v) is 3.13. The van der Waals surface area contributed by atoms with E-state index in [2.05, 4.69) is 0 Å². The zero-order valence-electron chi connectivity index (χ0n) is 9.88. The summed E-state index contributed by atoms with van der Waals surface area (Å²) in [5, 5.41) is 0.745. The third-order valence-corrected chi connectivity index (χ3v) is 4.30. The Morgan fingerprint density at radius 2 is 1.84 bits per heavy atom. The molecular formula is C14H10ClNOS2. The molecule has 0 atom stereocenters. The van der Waals surface area contributed by atoms with Gasteiger partial charge >= 0.3 is 0 Å². The van der Waals surface area contributed by atoms with Crippen molar-refractivity contribution in [2.75, 3.05) is 0 Å². The predicted octanol–water partition coefficient (Wildman–Crippen LogP) is 5.37. The highest BCUT2D eigenvalue weighted by Gasteiger charge is 2.06. The van der Waals surface area contributed by atoms with Gasteiger partial charge in [-0.2, -0.15) is 0 Å². The second-order valence-corrected chi connectivity index (χ2v) is 5.80. The van der Waals surface area contributed by atoms with E-state index in [0.29, 0.717) is 4.84 Å². The Morgan fingerprint density at radius 3 is 2.63 bits per heavy atom. The quantitative estimate of drug-likeness (QED) is 0.479. The molecule has 0 N–H and O–H groups in total. The van der Waals surface area contributed by atoms with Crippen LogP contribution in [-0.4, -0.2) is 4.57 Å². The predicted molar refractivity (Wildman–Crippen MR) is 82.3 cm³/mol. The molecule has 0 fully saturated rings. The van der Waals surface area contributed by atoms with Gasteiger partial charge in [0.2, 0.25) is 0 Å². The van der Waals surface area contributed by atoms with Gasteiger partial charge in [0, 0.05) is 9.92 Å². The lowest BCUT2D eigenvalue weighted by atomic mass is 10.3. The Labute approximate surface area is 125 Å². The van der Waals surface area contributed by atoms with Crippen LogP contribution in [0.5, 0.6) is 0 Å². The molecule has 19 heavy (non-hydrogen) atoms. The minimum Gasteiger partial charge on any atom is -0.429 e. The largest absolute Gasteiger partial charge is 0.429 e. The Hall–Kier alpha value is -1.23. The van der Waals surface area contributed by atoms with Crippen LogP contribution >= 0.6 is 35.6 Å². The summed E-state index contributed by atoms with van der Waals surface area (Å²) in [7, 11) is 0. The summed E-state index contributed by atoms with van der Waals surface area (Å²) in [4.78, 5) is 1.65. The summed E-state index contributed by atoms with van der Waals surface area (Å²) in [6.45, 7) is 0. The summed E-state index contributed by atoms with van der Waals surface area (Å²) in [6, 6.07) is 15.6. The molecule has 0 radical (unpaired) electrons. The maximum Gasteiger partial charge on any atom is 0.270 e. The van der Waals surface area contributed by atoms with Crippen LogP contribution in [0.2, 0.25) is 5.02 Å². The van der Waals surface area contributed by atoms with Crippen LogP contribution in [0.15, 0.2) is 57.8 Å². The fraction of sp³-hybridized carbons (Fsp3) is 0.0714. The number of hydrogen-bond acceptors (Lipinski definition) is 3. The van der Waals surface area contributed by atoms with Crippen LogP contribution in [0.4, 0.5) is 0 Å². The summed E-state index contributed by atoms with van der Waals surface area (Å²) >= 11 is 12.8. The Balaban J connectivity index is 1.87. The molecule has 1 heterocycles. The van der Waals surface area contributed by atoms with Gasteiger partial charge in [-0.25, -0.2) is 0 Å². The summed E-state index contributed by atoms with van der Waals surface area (Å²) in [5.74, 6) is 0.720. The first kappa shape index (κ1) is 12.8. The van der Waals surface area contributed by atoms with Crippen molar-refractivity contribution in [3.05, 3.63) is 58.4 Å².